The third-order valence-electron chi connectivity index (χ3n) is 4.37. The Labute approximate surface area is 153 Å². The lowest BCUT2D eigenvalue weighted by atomic mass is 9.95. The SMILES string of the molecule is COc1ccc(/C=C(\C#N)C(=O)O[C@H](C)C(=O)NC2CCCCC2)cc1. The number of benzene rings is 1. The smallest absolute Gasteiger partial charge is 0.349 e. The van der Waals surface area contributed by atoms with Gasteiger partial charge in [0.2, 0.25) is 0 Å². The summed E-state index contributed by atoms with van der Waals surface area (Å²) in [5.74, 6) is -0.460. The molecule has 0 spiro atoms. The van der Waals surface area contributed by atoms with Crippen LogP contribution in [0.15, 0.2) is 29.8 Å². The maximum atomic E-state index is 12.2. The second-order valence-electron chi connectivity index (χ2n) is 6.33. The Morgan fingerprint density at radius 1 is 1.23 bits per heavy atom. The summed E-state index contributed by atoms with van der Waals surface area (Å²) in [4.78, 5) is 24.4. The molecule has 0 radical (unpaired) electrons. The summed E-state index contributed by atoms with van der Waals surface area (Å²) in [5.41, 5.74) is 0.506. The Hall–Kier alpha value is -2.81. The van der Waals surface area contributed by atoms with Gasteiger partial charge in [0.05, 0.1) is 7.11 Å². The molecule has 1 aromatic carbocycles. The van der Waals surface area contributed by atoms with Crippen LogP contribution >= 0.6 is 0 Å². The molecule has 6 nitrogen and oxygen atoms in total. The molecule has 138 valence electrons. The average molecular weight is 356 g/mol. The van der Waals surface area contributed by atoms with Crippen LogP contribution < -0.4 is 10.1 Å². The van der Waals surface area contributed by atoms with Crippen molar-refractivity contribution in [3.63, 3.8) is 0 Å². The third-order valence-corrected chi connectivity index (χ3v) is 4.37. The number of methoxy groups -OCH3 is 1. The van der Waals surface area contributed by atoms with Gasteiger partial charge in [0, 0.05) is 6.04 Å². The number of carbonyl (C=O) groups is 2. The van der Waals surface area contributed by atoms with E-state index in [2.05, 4.69) is 5.32 Å². The minimum atomic E-state index is -0.947. The van der Waals surface area contributed by atoms with E-state index in [0.29, 0.717) is 11.3 Å². The lowest BCUT2D eigenvalue weighted by molar-refractivity contribution is -0.151. The molecule has 1 fully saturated rings. The van der Waals surface area contributed by atoms with Gasteiger partial charge in [-0.15, -0.1) is 0 Å². The molecule has 0 heterocycles. The number of hydrogen-bond acceptors (Lipinski definition) is 5. The quantitative estimate of drug-likeness (QED) is 0.481. The number of nitrogens with one attached hydrogen (secondary N) is 1. The van der Waals surface area contributed by atoms with Crippen LogP contribution in [0.4, 0.5) is 0 Å². The largest absolute Gasteiger partial charge is 0.497 e. The topological polar surface area (TPSA) is 88.4 Å². The minimum Gasteiger partial charge on any atom is -0.497 e. The molecule has 1 aliphatic carbocycles. The number of esters is 1. The zero-order valence-corrected chi connectivity index (χ0v) is 15.2. The van der Waals surface area contributed by atoms with E-state index in [1.807, 2.05) is 6.07 Å². The predicted octanol–water partition coefficient (Wildman–Crippen LogP) is 2.98. The zero-order valence-electron chi connectivity index (χ0n) is 15.2. The highest BCUT2D eigenvalue weighted by Crippen LogP contribution is 2.18. The van der Waals surface area contributed by atoms with Crippen molar-refractivity contribution in [2.75, 3.05) is 7.11 Å². The Kier molecular flexibility index (Phi) is 7.22. The number of nitrogens with zero attached hydrogens (tertiary/aromatic N) is 1. The molecule has 0 aliphatic heterocycles. The molecular weight excluding hydrogens is 332 g/mol. The first kappa shape index (κ1) is 19.5. The first-order chi connectivity index (χ1) is 12.5. The van der Waals surface area contributed by atoms with Gasteiger partial charge in [0.25, 0.3) is 5.91 Å². The van der Waals surface area contributed by atoms with Crippen molar-refractivity contribution in [1.29, 1.82) is 5.26 Å². The van der Waals surface area contributed by atoms with Crippen LogP contribution in [0, 0.1) is 11.3 Å². The molecule has 1 amide bonds. The molecule has 0 saturated heterocycles. The predicted molar refractivity (Wildman–Crippen MR) is 97.2 cm³/mol. The van der Waals surface area contributed by atoms with E-state index in [9.17, 15) is 14.9 Å². The van der Waals surface area contributed by atoms with Gasteiger partial charge in [-0.1, -0.05) is 31.4 Å². The second-order valence-corrected chi connectivity index (χ2v) is 6.33. The summed E-state index contributed by atoms with van der Waals surface area (Å²) in [5, 5.41) is 12.1. The van der Waals surface area contributed by atoms with Crippen molar-refractivity contribution in [2.24, 2.45) is 0 Å². The van der Waals surface area contributed by atoms with E-state index in [0.717, 1.165) is 25.7 Å². The number of amides is 1. The van der Waals surface area contributed by atoms with Crippen molar-refractivity contribution in [3.8, 4) is 11.8 Å². The van der Waals surface area contributed by atoms with Crippen LogP contribution in [-0.2, 0) is 14.3 Å². The maximum Gasteiger partial charge on any atom is 0.349 e. The highest BCUT2D eigenvalue weighted by atomic mass is 16.5. The van der Waals surface area contributed by atoms with Gasteiger partial charge in [-0.25, -0.2) is 4.79 Å². The summed E-state index contributed by atoms with van der Waals surface area (Å²) in [6, 6.07) is 8.88. The monoisotopic (exact) mass is 356 g/mol. The molecule has 1 aromatic rings. The Balaban J connectivity index is 1.95. The van der Waals surface area contributed by atoms with Gasteiger partial charge >= 0.3 is 5.97 Å². The first-order valence-electron chi connectivity index (χ1n) is 8.80. The normalized spacial score (nSPS) is 16.3. The van der Waals surface area contributed by atoms with E-state index in [1.54, 1.807) is 31.4 Å². The highest BCUT2D eigenvalue weighted by Gasteiger charge is 2.23. The van der Waals surface area contributed by atoms with Crippen molar-refractivity contribution < 1.29 is 19.1 Å². The number of carbonyl (C=O) groups excluding carboxylic acids is 2. The van der Waals surface area contributed by atoms with Crippen molar-refractivity contribution >= 4 is 18.0 Å². The number of rotatable bonds is 6. The minimum absolute atomic E-state index is 0.141. The van der Waals surface area contributed by atoms with Crippen LogP contribution in [-0.4, -0.2) is 31.1 Å². The Morgan fingerprint density at radius 3 is 2.46 bits per heavy atom. The van der Waals surface area contributed by atoms with E-state index < -0.39 is 12.1 Å². The van der Waals surface area contributed by atoms with Gasteiger partial charge in [-0.3, -0.25) is 4.79 Å². The van der Waals surface area contributed by atoms with Crippen molar-refractivity contribution in [1.82, 2.24) is 5.32 Å². The molecule has 0 aromatic heterocycles. The molecule has 1 N–H and O–H groups in total. The standard InChI is InChI=1S/C20H24N2O4/c1-14(19(23)22-17-6-4-3-5-7-17)26-20(24)16(13-21)12-15-8-10-18(25-2)11-9-15/h8-12,14,17H,3-7H2,1-2H3,(H,22,23)/b16-12+/t14-/m1/s1. The van der Waals surface area contributed by atoms with Crippen LogP contribution in [0.3, 0.4) is 0 Å². The molecule has 1 aliphatic rings. The van der Waals surface area contributed by atoms with Crippen LogP contribution in [0.5, 0.6) is 5.75 Å². The van der Waals surface area contributed by atoms with E-state index in [-0.39, 0.29) is 17.5 Å². The molecular formula is C20H24N2O4. The van der Waals surface area contributed by atoms with E-state index in [4.69, 9.17) is 9.47 Å². The first-order valence-corrected chi connectivity index (χ1v) is 8.80. The Morgan fingerprint density at radius 2 is 1.88 bits per heavy atom. The molecule has 1 saturated carbocycles. The molecule has 1 atom stereocenters. The molecule has 2 rings (SSSR count). The van der Waals surface area contributed by atoms with Gasteiger partial charge in [-0.05, 0) is 43.5 Å². The summed E-state index contributed by atoms with van der Waals surface area (Å²) >= 11 is 0. The van der Waals surface area contributed by atoms with Crippen molar-refractivity contribution in [2.45, 2.75) is 51.2 Å². The maximum absolute atomic E-state index is 12.2. The molecule has 0 bridgehead atoms. The number of nitriles is 1. The summed E-state index contributed by atoms with van der Waals surface area (Å²) in [6.07, 6.45) is 5.77. The Bertz CT molecular complexity index is 698. The van der Waals surface area contributed by atoms with Crippen molar-refractivity contribution in [3.05, 3.63) is 35.4 Å². The highest BCUT2D eigenvalue weighted by molar-refractivity contribution is 5.99. The van der Waals surface area contributed by atoms with Gasteiger partial charge in [0.1, 0.15) is 17.4 Å². The number of ether oxygens (including phenoxy) is 2. The van der Waals surface area contributed by atoms with Gasteiger partial charge < -0.3 is 14.8 Å². The van der Waals surface area contributed by atoms with E-state index in [1.165, 1.54) is 19.4 Å². The average Bonchev–Trinajstić information content (AvgIpc) is 2.67. The lowest BCUT2D eigenvalue weighted by Crippen LogP contribution is -2.42. The fourth-order valence-electron chi connectivity index (χ4n) is 2.85. The molecule has 26 heavy (non-hydrogen) atoms. The zero-order chi connectivity index (χ0) is 18.9. The van der Waals surface area contributed by atoms with Gasteiger partial charge in [-0.2, -0.15) is 5.26 Å². The summed E-state index contributed by atoms with van der Waals surface area (Å²) in [6.45, 7) is 1.51. The molecule has 0 unspecified atom stereocenters. The van der Waals surface area contributed by atoms with Crippen LogP contribution in [0.1, 0.15) is 44.6 Å². The fraction of sp³-hybridized carbons (Fsp3) is 0.450. The third kappa shape index (κ3) is 5.62. The van der Waals surface area contributed by atoms with E-state index >= 15 is 0 Å². The summed E-state index contributed by atoms with van der Waals surface area (Å²) < 4.78 is 10.2. The van der Waals surface area contributed by atoms with Gasteiger partial charge in [0.15, 0.2) is 6.10 Å². The second kappa shape index (κ2) is 9.62. The summed E-state index contributed by atoms with van der Waals surface area (Å²) in [7, 11) is 1.56. The van der Waals surface area contributed by atoms with Crippen LogP contribution in [0.25, 0.3) is 6.08 Å². The fourth-order valence-corrected chi connectivity index (χ4v) is 2.85. The number of hydrogen-bond donors (Lipinski definition) is 1. The van der Waals surface area contributed by atoms with Crippen LogP contribution in [0.2, 0.25) is 0 Å². The molecule has 6 heteroatoms. The lowest BCUT2D eigenvalue weighted by Gasteiger charge is -2.24.